The lowest BCUT2D eigenvalue weighted by Crippen LogP contribution is -2.09. The summed E-state index contributed by atoms with van der Waals surface area (Å²) in [5, 5.41) is 0.766. The molecular formula is C15H22BrClO. The zero-order valence-corrected chi connectivity index (χ0v) is 13.7. The standard InChI is InChI=1S/C15H22BrClO/c1-4-6-11(7-5-2)15(16)13-10-12(17)8-9-14(13)18-3/h8-11,15H,4-7H2,1-3H3. The second kappa shape index (κ2) is 8.06. The minimum atomic E-state index is 0.311. The van der Waals surface area contributed by atoms with Gasteiger partial charge in [0, 0.05) is 15.4 Å². The van der Waals surface area contributed by atoms with Crippen LogP contribution in [0.5, 0.6) is 5.75 Å². The molecule has 0 N–H and O–H groups in total. The third-order valence-electron chi connectivity index (χ3n) is 3.22. The highest BCUT2D eigenvalue weighted by atomic mass is 79.9. The molecule has 0 heterocycles. The first-order chi connectivity index (χ1) is 8.63. The van der Waals surface area contributed by atoms with E-state index >= 15 is 0 Å². The zero-order chi connectivity index (χ0) is 13.5. The lowest BCUT2D eigenvalue weighted by molar-refractivity contribution is 0.392. The first kappa shape index (κ1) is 15.8. The van der Waals surface area contributed by atoms with Crippen molar-refractivity contribution in [2.24, 2.45) is 5.92 Å². The number of benzene rings is 1. The van der Waals surface area contributed by atoms with Gasteiger partial charge < -0.3 is 4.74 Å². The predicted octanol–water partition coefficient (Wildman–Crippen LogP) is 6.00. The van der Waals surface area contributed by atoms with Gasteiger partial charge in [-0.15, -0.1) is 0 Å². The fourth-order valence-corrected chi connectivity index (χ4v) is 3.42. The average Bonchev–Trinajstić information content (AvgIpc) is 2.37. The second-order valence-corrected chi connectivity index (χ2v) is 6.05. The van der Waals surface area contributed by atoms with Gasteiger partial charge in [-0.3, -0.25) is 0 Å². The van der Waals surface area contributed by atoms with Gasteiger partial charge in [-0.2, -0.15) is 0 Å². The predicted molar refractivity (Wildman–Crippen MR) is 83.0 cm³/mol. The van der Waals surface area contributed by atoms with Crippen molar-refractivity contribution in [1.29, 1.82) is 0 Å². The molecular weight excluding hydrogens is 312 g/mol. The van der Waals surface area contributed by atoms with Crippen LogP contribution in [-0.2, 0) is 0 Å². The van der Waals surface area contributed by atoms with Crippen LogP contribution in [0.2, 0.25) is 5.02 Å². The van der Waals surface area contributed by atoms with Crippen LogP contribution in [0.15, 0.2) is 18.2 Å². The van der Waals surface area contributed by atoms with Gasteiger partial charge >= 0.3 is 0 Å². The van der Waals surface area contributed by atoms with Crippen LogP contribution in [-0.4, -0.2) is 7.11 Å². The van der Waals surface area contributed by atoms with E-state index in [1.165, 1.54) is 25.7 Å². The minimum Gasteiger partial charge on any atom is -0.496 e. The Balaban J connectivity index is 2.98. The quantitative estimate of drug-likeness (QED) is 0.556. The first-order valence-electron chi connectivity index (χ1n) is 6.61. The van der Waals surface area contributed by atoms with E-state index in [2.05, 4.69) is 29.8 Å². The Kier molecular flexibility index (Phi) is 7.10. The van der Waals surface area contributed by atoms with E-state index in [4.69, 9.17) is 16.3 Å². The monoisotopic (exact) mass is 332 g/mol. The van der Waals surface area contributed by atoms with Crippen molar-refractivity contribution in [2.75, 3.05) is 7.11 Å². The molecule has 1 aromatic rings. The highest BCUT2D eigenvalue weighted by Gasteiger charge is 2.22. The Labute approximate surface area is 124 Å². The molecule has 1 unspecified atom stereocenters. The number of hydrogen-bond acceptors (Lipinski definition) is 1. The van der Waals surface area contributed by atoms with Crippen LogP contribution in [0.4, 0.5) is 0 Å². The molecule has 18 heavy (non-hydrogen) atoms. The Morgan fingerprint density at radius 3 is 2.33 bits per heavy atom. The highest BCUT2D eigenvalue weighted by molar-refractivity contribution is 9.09. The van der Waals surface area contributed by atoms with E-state index in [9.17, 15) is 0 Å². The van der Waals surface area contributed by atoms with Crippen LogP contribution >= 0.6 is 27.5 Å². The van der Waals surface area contributed by atoms with E-state index in [0.29, 0.717) is 10.7 Å². The summed E-state index contributed by atoms with van der Waals surface area (Å²) in [6.07, 6.45) is 4.85. The number of rotatable bonds is 7. The molecule has 1 rings (SSSR count). The lowest BCUT2D eigenvalue weighted by atomic mass is 9.90. The second-order valence-electron chi connectivity index (χ2n) is 4.63. The van der Waals surface area contributed by atoms with Crippen molar-refractivity contribution in [2.45, 2.75) is 44.4 Å². The van der Waals surface area contributed by atoms with E-state index in [1.54, 1.807) is 7.11 Å². The smallest absolute Gasteiger partial charge is 0.123 e. The van der Waals surface area contributed by atoms with Gasteiger partial charge in [0.1, 0.15) is 5.75 Å². The van der Waals surface area contributed by atoms with Crippen LogP contribution in [0.3, 0.4) is 0 Å². The van der Waals surface area contributed by atoms with Crippen LogP contribution in [0.1, 0.15) is 49.9 Å². The summed E-state index contributed by atoms with van der Waals surface area (Å²) < 4.78 is 5.44. The maximum atomic E-state index is 6.10. The molecule has 1 nitrogen and oxygen atoms in total. The molecule has 0 saturated carbocycles. The van der Waals surface area contributed by atoms with Gasteiger partial charge in [-0.05, 0) is 37.0 Å². The molecule has 0 aliphatic heterocycles. The van der Waals surface area contributed by atoms with Crippen LogP contribution < -0.4 is 4.74 Å². The summed E-state index contributed by atoms with van der Waals surface area (Å²) in [4.78, 5) is 0.311. The number of hydrogen-bond donors (Lipinski definition) is 0. The largest absolute Gasteiger partial charge is 0.496 e. The summed E-state index contributed by atoms with van der Waals surface area (Å²) in [6.45, 7) is 4.47. The van der Waals surface area contributed by atoms with Gasteiger partial charge in [-0.25, -0.2) is 0 Å². The average molecular weight is 334 g/mol. The van der Waals surface area contributed by atoms with Gasteiger partial charge in [-0.1, -0.05) is 54.2 Å². The van der Waals surface area contributed by atoms with Crippen LogP contribution in [0, 0.1) is 5.92 Å². The maximum Gasteiger partial charge on any atom is 0.123 e. The lowest BCUT2D eigenvalue weighted by Gasteiger charge is -2.24. The van der Waals surface area contributed by atoms with Crippen molar-refractivity contribution < 1.29 is 4.74 Å². The number of alkyl halides is 1. The van der Waals surface area contributed by atoms with Crippen molar-refractivity contribution in [3.63, 3.8) is 0 Å². The van der Waals surface area contributed by atoms with Gasteiger partial charge in [0.05, 0.1) is 7.11 Å². The van der Waals surface area contributed by atoms with Gasteiger partial charge in [0.25, 0.3) is 0 Å². The van der Waals surface area contributed by atoms with Gasteiger partial charge in [0.15, 0.2) is 0 Å². The molecule has 0 aliphatic carbocycles. The molecule has 0 saturated heterocycles. The highest BCUT2D eigenvalue weighted by Crippen LogP contribution is 2.41. The fourth-order valence-electron chi connectivity index (χ4n) is 2.35. The number of methoxy groups -OCH3 is 1. The van der Waals surface area contributed by atoms with E-state index in [-0.39, 0.29) is 0 Å². The summed E-state index contributed by atoms with van der Waals surface area (Å²) in [7, 11) is 1.71. The molecule has 0 aromatic heterocycles. The molecule has 1 atom stereocenters. The minimum absolute atomic E-state index is 0.311. The molecule has 0 fully saturated rings. The first-order valence-corrected chi connectivity index (χ1v) is 7.90. The summed E-state index contributed by atoms with van der Waals surface area (Å²) in [5.41, 5.74) is 1.16. The maximum absolute atomic E-state index is 6.10. The summed E-state index contributed by atoms with van der Waals surface area (Å²) in [6, 6.07) is 5.83. The molecule has 0 aliphatic rings. The molecule has 102 valence electrons. The molecule has 0 spiro atoms. The van der Waals surface area contributed by atoms with Crippen LogP contribution in [0.25, 0.3) is 0 Å². The van der Waals surface area contributed by atoms with E-state index < -0.39 is 0 Å². The van der Waals surface area contributed by atoms with E-state index in [1.807, 2.05) is 18.2 Å². The van der Waals surface area contributed by atoms with Crippen molar-refractivity contribution in [3.8, 4) is 5.75 Å². The van der Waals surface area contributed by atoms with Gasteiger partial charge in [0.2, 0.25) is 0 Å². The zero-order valence-electron chi connectivity index (χ0n) is 11.4. The third-order valence-corrected chi connectivity index (χ3v) is 4.70. The number of ether oxygens (including phenoxy) is 1. The van der Waals surface area contributed by atoms with Crippen molar-refractivity contribution in [1.82, 2.24) is 0 Å². The van der Waals surface area contributed by atoms with Crippen molar-refractivity contribution >= 4 is 27.5 Å². The summed E-state index contributed by atoms with van der Waals surface area (Å²) >= 11 is 9.94. The van der Waals surface area contributed by atoms with E-state index in [0.717, 1.165) is 16.3 Å². The molecule has 0 amide bonds. The Morgan fingerprint density at radius 2 is 1.83 bits per heavy atom. The molecule has 0 bridgehead atoms. The molecule has 0 radical (unpaired) electrons. The molecule has 1 aromatic carbocycles. The Bertz CT molecular complexity index is 362. The topological polar surface area (TPSA) is 9.23 Å². The molecule has 3 heteroatoms. The fraction of sp³-hybridized carbons (Fsp3) is 0.600. The summed E-state index contributed by atoms with van der Waals surface area (Å²) in [5.74, 6) is 1.55. The third kappa shape index (κ3) is 4.17. The van der Waals surface area contributed by atoms with Crippen molar-refractivity contribution in [3.05, 3.63) is 28.8 Å². The normalized spacial score (nSPS) is 12.8. The Hall–Kier alpha value is -0.210. The Morgan fingerprint density at radius 1 is 1.22 bits per heavy atom. The number of halogens is 2. The SMILES string of the molecule is CCCC(CCC)C(Br)c1cc(Cl)ccc1OC.